The molecule has 0 heterocycles. The third kappa shape index (κ3) is 6.62. The molecule has 2 unspecified atom stereocenters. The van der Waals surface area contributed by atoms with Crippen LogP contribution in [0.4, 0.5) is 0 Å². The van der Waals surface area contributed by atoms with Crippen molar-refractivity contribution in [3.05, 3.63) is 23.8 Å². The summed E-state index contributed by atoms with van der Waals surface area (Å²) >= 11 is 0. The van der Waals surface area contributed by atoms with Gasteiger partial charge in [0.2, 0.25) is 5.91 Å². The van der Waals surface area contributed by atoms with E-state index in [-0.39, 0.29) is 23.8 Å². The number of benzene rings is 1. The molecule has 4 N–H and O–H groups in total. The topological polar surface area (TPSA) is 103 Å². The maximum Gasteiger partial charge on any atom is 0.252 e. The lowest BCUT2D eigenvalue weighted by Crippen LogP contribution is -2.50. The van der Waals surface area contributed by atoms with Crippen LogP contribution in [-0.2, 0) is 4.79 Å². The first kappa shape index (κ1) is 20.8. The monoisotopic (exact) mass is 351 g/mol. The number of hydrogen-bond donors (Lipinski definition) is 3. The highest BCUT2D eigenvalue weighted by Gasteiger charge is 2.25. The van der Waals surface area contributed by atoms with Crippen LogP contribution in [0.2, 0.25) is 0 Å². The van der Waals surface area contributed by atoms with Crippen molar-refractivity contribution in [2.45, 2.75) is 39.3 Å². The standard InChI is InChI=1S/C18H29N3O4/c1-11(2)16(18(23)20-7-6-12(3)19)21-17(22)13-8-14(24-4)10-15(9-13)25-5/h8-12,16H,6-7,19H2,1-5H3,(H,20,23)(H,21,22). The second-order valence-electron chi connectivity index (χ2n) is 6.35. The molecule has 0 aliphatic rings. The summed E-state index contributed by atoms with van der Waals surface area (Å²) in [5.74, 6) is 0.364. The molecule has 0 radical (unpaired) electrons. The SMILES string of the molecule is COc1cc(OC)cc(C(=O)NC(C(=O)NCCC(C)N)C(C)C)c1. The molecule has 0 bridgehead atoms. The fourth-order valence-corrected chi connectivity index (χ4v) is 2.23. The second kappa shape index (κ2) is 9.88. The van der Waals surface area contributed by atoms with Gasteiger partial charge in [0.1, 0.15) is 17.5 Å². The number of hydrogen-bond acceptors (Lipinski definition) is 5. The molecular weight excluding hydrogens is 322 g/mol. The molecule has 140 valence electrons. The van der Waals surface area contributed by atoms with E-state index in [1.807, 2.05) is 20.8 Å². The zero-order valence-electron chi connectivity index (χ0n) is 15.6. The Morgan fingerprint density at radius 3 is 2.08 bits per heavy atom. The highest BCUT2D eigenvalue weighted by molar-refractivity contribution is 5.98. The Labute approximate surface area is 149 Å². The van der Waals surface area contributed by atoms with E-state index >= 15 is 0 Å². The van der Waals surface area contributed by atoms with Crippen LogP contribution >= 0.6 is 0 Å². The molecule has 1 rings (SSSR count). The molecule has 0 aliphatic carbocycles. The fourth-order valence-electron chi connectivity index (χ4n) is 2.23. The second-order valence-corrected chi connectivity index (χ2v) is 6.35. The minimum Gasteiger partial charge on any atom is -0.497 e. The molecule has 7 heteroatoms. The third-order valence-corrected chi connectivity index (χ3v) is 3.75. The van der Waals surface area contributed by atoms with Crippen LogP contribution in [0.3, 0.4) is 0 Å². The van der Waals surface area contributed by atoms with Crippen molar-refractivity contribution in [2.24, 2.45) is 11.7 Å². The van der Waals surface area contributed by atoms with E-state index in [2.05, 4.69) is 10.6 Å². The summed E-state index contributed by atoms with van der Waals surface area (Å²) in [6.07, 6.45) is 0.678. The van der Waals surface area contributed by atoms with E-state index < -0.39 is 6.04 Å². The molecule has 1 aromatic carbocycles. The molecule has 2 atom stereocenters. The zero-order chi connectivity index (χ0) is 19.0. The van der Waals surface area contributed by atoms with Gasteiger partial charge in [0.15, 0.2) is 0 Å². The number of nitrogens with one attached hydrogen (secondary N) is 2. The minimum absolute atomic E-state index is 0.0108. The van der Waals surface area contributed by atoms with Crippen molar-refractivity contribution in [3.8, 4) is 11.5 Å². The van der Waals surface area contributed by atoms with Crippen LogP contribution in [0.15, 0.2) is 18.2 Å². The molecule has 0 aliphatic heterocycles. The largest absolute Gasteiger partial charge is 0.497 e. The zero-order valence-corrected chi connectivity index (χ0v) is 15.6. The highest BCUT2D eigenvalue weighted by atomic mass is 16.5. The van der Waals surface area contributed by atoms with Crippen molar-refractivity contribution in [2.75, 3.05) is 20.8 Å². The number of carbonyl (C=O) groups is 2. The van der Waals surface area contributed by atoms with E-state index in [1.165, 1.54) is 14.2 Å². The van der Waals surface area contributed by atoms with E-state index in [0.29, 0.717) is 30.0 Å². The lowest BCUT2D eigenvalue weighted by Gasteiger charge is -2.22. The van der Waals surface area contributed by atoms with Crippen LogP contribution in [0.25, 0.3) is 0 Å². The number of nitrogens with two attached hydrogens (primary N) is 1. The molecule has 1 aromatic rings. The molecule has 0 spiro atoms. The van der Waals surface area contributed by atoms with Gasteiger partial charge in [-0.3, -0.25) is 9.59 Å². The molecule has 0 saturated carbocycles. The quantitative estimate of drug-likeness (QED) is 0.622. The van der Waals surface area contributed by atoms with Gasteiger partial charge in [0.05, 0.1) is 14.2 Å². The molecule has 7 nitrogen and oxygen atoms in total. The number of rotatable bonds is 9. The van der Waals surface area contributed by atoms with Gasteiger partial charge in [-0.05, 0) is 31.4 Å². The predicted molar refractivity (Wildman–Crippen MR) is 96.9 cm³/mol. The number of carbonyl (C=O) groups excluding carboxylic acids is 2. The molecule has 25 heavy (non-hydrogen) atoms. The van der Waals surface area contributed by atoms with Crippen molar-refractivity contribution < 1.29 is 19.1 Å². The van der Waals surface area contributed by atoms with E-state index in [4.69, 9.17) is 15.2 Å². The molecule has 0 fully saturated rings. The van der Waals surface area contributed by atoms with Gasteiger partial charge in [-0.15, -0.1) is 0 Å². The van der Waals surface area contributed by atoms with Gasteiger partial charge in [0, 0.05) is 24.2 Å². The summed E-state index contributed by atoms with van der Waals surface area (Å²) in [6.45, 7) is 6.11. The average molecular weight is 351 g/mol. The van der Waals surface area contributed by atoms with E-state index in [9.17, 15) is 9.59 Å². The Hall–Kier alpha value is -2.28. The first-order chi connectivity index (χ1) is 11.8. The smallest absolute Gasteiger partial charge is 0.252 e. The fraction of sp³-hybridized carbons (Fsp3) is 0.556. The van der Waals surface area contributed by atoms with Gasteiger partial charge < -0.3 is 25.8 Å². The normalized spacial score (nSPS) is 13.1. The highest BCUT2D eigenvalue weighted by Crippen LogP contribution is 2.22. The van der Waals surface area contributed by atoms with Crippen LogP contribution in [0.5, 0.6) is 11.5 Å². The minimum atomic E-state index is -0.641. The van der Waals surface area contributed by atoms with Crippen LogP contribution in [-0.4, -0.2) is 44.7 Å². The Morgan fingerprint density at radius 1 is 1.08 bits per heavy atom. The van der Waals surface area contributed by atoms with Gasteiger partial charge in [-0.1, -0.05) is 13.8 Å². The number of amides is 2. The number of methoxy groups -OCH3 is 2. The maximum atomic E-state index is 12.6. The Balaban J connectivity index is 2.84. The van der Waals surface area contributed by atoms with Gasteiger partial charge in [-0.25, -0.2) is 0 Å². The third-order valence-electron chi connectivity index (χ3n) is 3.75. The summed E-state index contributed by atoms with van der Waals surface area (Å²) in [7, 11) is 3.03. The van der Waals surface area contributed by atoms with E-state index in [1.54, 1.807) is 18.2 Å². The number of ether oxygens (including phenoxy) is 2. The Kier molecular flexibility index (Phi) is 8.21. The summed E-state index contributed by atoms with van der Waals surface area (Å²) in [4.78, 5) is 24.9. The van der Waals surface area contributed by atoms with Gasteiger partial charge in [0.25, 0.3) is 5.91 Å². The summed E-state index contributed by atoms with van der Waals surface area (Å²) in [5.41, 5.74) is 6.05. The molecule has 0 aromatic heterocycles. The lowest BCUT2D eigenvalue weighted by molar-refractivity contribution is -0.123. The van der Waals surface area contributed by atoms with Gasteiger partial charge >= 0.3 is 0 Å². The Bertz CT molecular complexity index is 565. The maximum absolute atomic E-state index is 12.6. The van der Waals surface area contributed by atoms with Crippen LogP contribution < -0.4 is 25.8 Å². The first-order valence-corrected chi connectivity index (χ1v) is 8.35. The summed E-state index contributed by atoms with van der Waals surface area (Å²) < 4.78 is 10.3. The first-order valence-electron chi connectivity index (χ1n) is 8.35. The molecule has 0 saturated heterocycles. The van der Waals surface area contributed by atoms with E-state index in [0.717, 1.165) is 0 Å². The van der Waals surface area contributed by atoms with Crippen LogP contribution in [0, 0.1) is 5.92 Å². The van der Waals surface area contributed by atoms with Crippen molar-refractivity contribution >= 4 is 11.8 Å². The average Bonchev–Trinajstić information content (AvgIpc) is 2.57. The summed E-state index contributed by atoms with van der Waals surface area (Å²) in [6, 6.07) is 4.25. The molecular formula is C18H29N3O4. The van der Waals surface area contributed by atoms with Crippen molar-refractivity contribution in [3.63, 3.8) is 0 Å². The van der Waals surface area contributed by atoms with Crippen LogP contribution in [0.1, 0.15) is 37.6 Å². The molecule has 2 amide bonds. The van der Waals surface area contributed by atoms with Gasteiger partial charge in [-0.2, -0.15) is 0 Å². The Morgan fingerprint density at radius 2 is 1.64 bits per heavy atom. The summed E-state index contributed by atoms with van der Waals surface area (Å²) in [5, 5.41) is 5.59. The van der Waals surface area contributed by atoms with Crippen molar-refractivity contribution in [1.29, 1.82) is 0 Å². The lowest BCUT2D eigenvalue weighted by atomic mass is 10.0. The van der Waals surface area contributed by atoms with Crippen molar-refractivity contribution in [1.82, 2.24) is 10.6 Å². The predicted octanol–water partition coefficient (Wildman–Crippen LogP) is 1.31.